The van der Waals surface area contributed by atoms with Crippen molar-refractivity contribution in [1.82, 2.24) is 10.2 Å². The van der Waals surface area contributed by atoms with Crippen molar-refractivity contribution in [3.63, 3.8) is 0 Å². The molecule has 0 aliphatic carbocycles. The molecule has 33 heavy (non-hydrogen) atoms. The Morgan fingerprint density at radius 2 is 2.24 bits per heavy atom. The van der Waals surface area contributed by atoms with E-state index in [1.807, 2.05) is 42.4 Å². The normalized spacial score (nSPS) is 21.9. The Morgan fingerprint density at radius 3 is 2.97 bits per heavy atom. The Labute approximate surface area is 198 Å². The Kier molecular flexibility index (Phi) is 7.35. The molecule has 1 saturated heterocycles. The van der Waals surface area contributed by atoms with Crippen molar-refractivity contribution in [3.8, 4) is 0 Å². The topological polar surface area (TPSA) is 80.2 Å². The SMILES string of the molecule is C=CCOC(=O)C1=C(C)N=C2SC=C(CC(=O)NCC3CCCO3)N2C1c1cccc(C)c1. The smallest absolute Gasteiger partial charge is 0.338 e. The van der Waals surface area contributed by atoms with Gasteiger partial charge in [0.1, 0.15) is 6.61 Å². The van der Waals surface area contributed by atoms with Gasteiger partial charge in [-0.3, -0.25) is 4.79 Å². The van der Waals surface area contributed by atoms with E-state index < -0.39 is 12.0 Å². The maximum atomic E-state index is 13.1. The molecule has 8 heteroatoms. The van der Waals surface area contributed by atoms with Crippen LogP contribution < -0.4 is 5.32 Å². The summed E-state index contributed by atoms with van der Waals surface area (Å²) in [5.41, 5.74) is 3.92. The lowest BCUT2D eigenvalue weighted by Gasteiger charge is -2.36. The molecule has 174 valence electrons. The first kappa shape index (κ1) is 23.3. The number of rotatable bonds is 8. The Bertz CT molecular complexity index is 1040. The molecule has 3 aliphatic heterocycles. The highest BCUT2D eigenvalue weighted by atomic mass is 32.2. The summed E-state index contributed by atoms with van der Waals surface area (Å²) in [6.07, 6.45) is 3.82. The molecule has 3 aliphatic rings. The molecule has 0 bridgehead atoms. The number of hydrogen-bond acceptors (Lipinski definition) is 7. The van der Waals surface area contributed by atoms with E-state index in [1.54, 1.807) is 6.08 Å². The molecule has 0 radical (unpaired) electrons. The first-order valence-corrected chi connectivity index (χ1v) is 12.0. The van der Waals surface area contributed by atoms with Crippen molar-refractivity contribution in [3.05, 3.63) is 70.4 Å². The number of carbonyl (C=O) groups is 2. The second kappa shape index (κ2) is 10.4. The third-order valence-electron chi connectivity index (χ3n) is 5.80. The minimum absolute atomic E-state index is 0.0800. The summed E-state index contributed by atoms with van der Waals surface area (Å²) in [7, 11) is 0. The summed E-state index contributed by atoms with van der Waals surface area (Å²) in [4.78, 5) is 32.5. The first-order chi connectivity index (χ1) is 16.0. The second-order valence-electron chi connectivity index (χ2n) is 8.31. The minimum Gasteiger partial charge on any atom is -0.458 e. The van der Waals surface area contributed by atoms with Crippen LogP contribution in [0.15, 0.2) is 64.3 Å². The number of benzene rings is 1. The van der Waals surface area contributed by atoms with Gasteiger partial charge in [-0.15, -0.1) is 0 Å². The lowest BCUT2D eigenvalue weighted by atomic mass is 9.93. The number of aryl methyl sites for hydroxylation is 1. The number of hydrogen-bond donors (Lipinski definition) is 1. The number of amidine groups is 1. The van der Waals surface area contributed by atoms with Gasteiger partial charge >= 0.3 is 5.97 Å². The van der Waals surface area contributed by atoms with Gasteiger partial charge in [-0.05, 0) is 37.7 Å². The van der Waals surface area contributed by atoms with Crippen LogP contribution >= 0.6 is 11.8 Å². The van der Waals surface area contributed by atoms with E-state index in [1.165, 1.54) is 11.8 Å². The van der Waals surface area contributed by atoms with Crippen molar-refractivity contribution in [2.24, 2.45) is 4.99 Å². The van der Waals surface area contributed by atoms with E-state index in [0.29, 0.717) is 17.8 Å². The van der Waals surface area contributed by atoms with Crippen LogP contribution in [0.2, 0.25) is 0 Å². The van der Waals surface area contributed by atoms with Gasteiger partial charge in [-0.2, -0.15) is 0 Å². The summed E-state index contributed by atoms with van der Waals surface area (Å²) in [6, 6.07) is 7.61. The number of ether oxygens (including phenoxy) is 2. The van der Waals surface area contributed by atoms with Crippen LogP contribution in [0.3, 0.4) is 0 Å². The quantitative estimate of drug-likeness (QED) is 0.460. The van der Waals surface area contributed by atoms with E-state index in [-0.39, 0.29) is 25.0 Å². The van der Waals surface area contributed by atoms with Crippen LogP contribution in [-0.4, -0.2) is 47.8 Å². The average Bonchev–Trinajstić information content (AvgIpc) is 3.45. The van der Waals surface area contributed by atoms with Gasteiger partial charge in [0.05, 0.1) is 29.8 Å². The van der Waals surface area contributed by atoms with E-state index >= 15 is 0 Å². The number of thioether (sulfide) groups is 1. The fourth-order valence-corrected chi connectivity index (χ4v) is 5.22. The van der Waals surface area contributed by atoms with Crippen LogP contribution in [0.5, 0.6) is 0 Å². The summed E-state index contributed by atoms with van der Waals surface area (Å²) >= 11 is 1.46. The maximum Gasteiger partial charge on any atom is 0.338 e. The number of allylic oxidation sites excluding steroid dienone is 1. The Morgan fingerprint density at radius 1 is 1.39 bits per heavy atom. The Hall–Kier alpha value is -2.84. The zero-order valence-electron chi connectivity index (χ0n) is 19.0. The highest BCUT2D eigenvalue weighted by Gasteiger charge is 2.41. The zero-order chi connectivity index (χ0) is 23.4. The summed E-state index contributed by atoms with van der Waals surface area (Å²) in [5, 5.41) is 5.68. The molecule has 1 amide bonds. The number of carbonyl (C=O) groups excluding carboxylic acids is 2. The lowest BCUT2D eigenvalue weighted by Crippen LogP contribution is -2.38. The molecule has 3 heterocycles. The van der Waals surface area contributed by atoms with E-state index in [9.17, 15) is 9.59 Å². The van der Waals surface area contributed by atoms with Crippen LogP contribution in [0, 0.1) is 6.92 Å². The van der Waals surface area contributed by atoms with Crippen LogP contribution in [0.4, 0.5) is 0 Å². The van der Waals surface area contributed by atoms with Crippen molar-refractivity contribution in [2.45, 2.75) is 45.3 Å². The van der Waals surface area contributed by atoms with Gasteiger partial charge in [0.2, 0.25) is 5.91 Å². The number of esters is 1. The first-order valence-electron chi connectivity index (χ1n) is 11.1. The summed E-state index contributed by atoms with van der Waals surface area (Å²) in [5.74, 6) is -0.510. The summed E-state index contributed by atoms with van der Waals surface area (Å²) < 4.78 is 11.0. The number of nitrogens with one attached hydrogen (secondary N) is 1. The average molecular weight is 468 g/mol. The third kappa shape index (κ3) is 5.23. The van der Waals surface area contributed by atoms with Gasteiger partial charge in [0.25, 0.3) is 0 Å². The number of nitrogens with zero attached hydrogens (tertiary/aromatic N) is 2. The predicted molar refractivity (Wildman–Crippen MR) is 129 cm³/mol. The van der Waals surface area contributed by atoms with Gasteiger partial charge < -0.3 is 19.7 Å². The third-order valence-corrected chi connectivity index (χ3v) is 6.69. The van der Waals surface area contributed by atoms with Crippen LogP contribution in [0.1, 0.15) is 43.4 Å². The standard InChI is InChI=1S/C25H29N3O4S/c1-4-10-32-24(30)22-17(3)27-25-28(23(22)18-8-5-7-16(2)12-18)19(15-33-25)13-21(29)26-14-20-9-6-11-31-20/h4-5,7-8,12,15,20,23H,1,6,9-11,13-14H2,2-3H3,(H,26,29). The molecule has 1 aromatic rings. The molecule has 7 nitrogen and oxygen atoms in total. The molecule has 0 spiro atoms. The number of amides is 1. The van der Waals surface area contributed by atoms with E-state index in [0.717, 1.165) is 41.4 Å². The van der Waals surface area contributed by atoms with Crippen molar-refractivity contribution < 1.29 is 19.1 Å². The van der Waals surface area contributed by atoms with Crippen molar-refractivity contribution in [1.29, 1.82) is 0 Å². The minimum atomic E-state index is -0.430. The second-order valence-corrected chi connectivity index (χ2v) is 9.15. The fourth-order valence-electron chi connectivity index (χ4n) is 4.26. The van der Waals surface area contributed by atoms with E-state index in [2.05, 4.69) is 23.0 Å². The molecular formula is C25H29N3O4S. The molecule has 0 aromatic heterocycles. The number of aliphatic imine (C=N–C) groups is 1. The van der Waals surface area contributed by atoms with Gasteiger partial charge in [-0.1, -0.05) is 54.2 Å². The van der Waals surface area contributed by atoms with Gasteiger partial charge in [0.15, 0.2) is 5.17 Å². The van der Waals surface area contributed by atoms with Crippen molar-refractivity contribution >= 4 is 28.8 Å². The summed E-state index contributed by atoms with van der Waals surface area (Å²) in [6.45, 7) is 8.86. The highest BCUT2D eigenvalue weighted by molar-refractivity contribution is 8.16. The lowest BCUT2D eigenvalue weighted by molar-refractivity contribution is -0.138. The largest absolute Gasteiger partial charge is 0.458 e. The molecule has 0 saturated carbocycles. The maximum absolute atomic E-state index is 13.1. The molecule has 2 unspecified atom stereocenters. The van der Waals surface area contributed by atoms with Gasteiger partial charge in [-0.25, -0.2) is 9.79 Å². The Balaban J connectivity index is 1.60. The van der Waals surface area contributed by atoms with E-state index in [4.69, 9.17) is 9.47 Å². The predicted octanol–water partition coefficient (Wildman–Crippen LogP) is 3.98. The monoisotopic (exact) mass is 467 g/mol. The number of fused-ring (bicyclic) bond motifs is 1. The molecule has 4 rings (SSSR count). The van der Waals surface area contributed by atoms with Crippen LogP contribution in [0.25, 0.3) is 0 Å². The molecule has 2 atom stereocenters. The fraction of sp³-hybridized carbons (Fsp3) is 0.400. The zero-order valence-corrected chi connectivity index (χ0v) is 19.8. The molecular weight excluding hydrogens is 438 g/mol. The molecule has 1 N–H and O–H groups in total. The molecule has 1 aromatic carbocycles. The van der Waals surface area contributed by atoms with Crippen LogP contribution in [-0.2, 0) is 19.1 Å². The van der Waals surface area contributed by atoms with Gasteiger partial charge in [0, 0.05) is 18.8 Å². The molecule has 1 fully saturated rings. The highest BCUT2D eigenvalue weighted by Crippen LogP contribution is 2.44. The van der Waals surface area contributed by atoms with Crippen molar-refractivity contribution in [2.75, 3.05) is 19.8 Å².